The third kappa shape index (κ3) is 4.91. The van der Waals surface area contributed by atoms with E-state index in [1.807, 2.05) is 6.92 Å². The van der Waals surface area contributed by atoms with Crippen molar-refractivity contribution in [1.29, 1.82) is 0 Å². The summed E-state index contributed by atoms with van der Waals surface area (Å²) >= 11 is 0. The summed E-state index contributed by atoms with van der Waals surface area (Å²) in [5, 5.41) is 2.67. The van der Waals surface area contributed by atoms with E-state index in [1.165, 1.54) is 22.5 Å². The number of halogens is 1. The fourth-order valence-corrected chi connectivity index (χ4v) is 4.52. The Balaban J connectivity index is 1.54. The molecule has 2 N–H and O–H groups in total. The van der Waals surface area contributed by atoms with Gasteiger partial charge in [-0.1, -0.05) is 23.8 Å². The number of hydrogen-bond acceptors (Lipinski definition) is 3. The number of nitrogens with one attached hydrogen (secondary N) is 2. The molecule has 0 unspecified atom stereocenters. The van der Waals surface area contributed by atoms with Gasteiger partial charge in [0.15, 0.2) is 6.54 Å². The van der Waals surface area contributed by atoms with Crippen molar-refractivity contribution in [1.82, 2.24) is 4.31 Å². The SMILES string of the molecule is Cc1ccc(S(=O)(=O)N2CC[NH+](CC(=O)Nc3cccc(F)c3)CC2)cc1. The molecule has 8 heteroatoms. The summed E-state index contributed by atoms with van der Waals surface area (Å²) in [7, 11) is -3.51. The molecule has 27 heavy (non-hydrogen) atoms. The van der Waals surface area contributed by atoms with Gasteiger partial charge in [-0.05, 0) is 37.3 Å². The maximum atomic E-state index is 13.2. The molecule has 1 heterocycles. The van der Waals surface area contributed by atoms with Gasteiger partial charge in [0.25, 0.3) is 5.91 Å². The van der Waals surface area contributed by atoms with Crippen LogP contribution in [0.4, 0.5) is 10.1 Å². The Morgan fingerprint density at radius 1 is 1.15 bits per heavy atom. The predicted octanol–water partition coefficient (Wildman–Crippen LogP) is 0.662. The van der Waals surface area contributed by atoms with E-state index >= 15 is 0 Å². The molecule has 1 aliphatic heterocycles. The summed E-state index contributed by atoms with van der Waals surface area (Å²) < 4.78 is 40.0. The quantitative estimate of drug-likeness (QED) is 0.786. The lowest BCUT2D eigenvalue weighted by Crippen LogP contribution is -3.15. The fraction of sp³-hybridized carbons (Fsp3) is 0.316. The van der Waals surface area contributed by atoms with Crippen molar-refractivity contribution < 1.29 is 22.5 Å². The number of anilines is 1. The van der Waals surface area contributed by atoms with Crippen LogP contribution in [0.15, 0.2) is 53.4 Å². The van der Waals surface area contributed by atoms with Crippen LogP contribution in [-0.4, -0.2) is 51.4 Å². The summed E-state index contributed by atoms with van der Waals surface area (Å²) in [6, 6.07) is 12.5. The Hall–Kier alpha value is -2.29. The minimum absolute atomic E-state index is 0.217. The first-order valence-corrected chi connectivity index (χ1v) is 10.2. The molecular weight excluding hydrogens is 369 g/mol. The normalized spacial score (nSPS) is 16.2. The Morgan fingerprint density at radius 3 is 2.44 bits per heavy atom. The highest BCUT2D eigenvalue weighted by Gasteiger charge is 2.31. The third-order valence-electron chi connectivity index (χ3n) is 4.61. The largest absolute Gasteiger partial charge is 0.325 e. The van der Waals surface area contributed by atoms with Crippen LogP contribution in [0.2, 0.25) is 0 Å². The van der Waals surface area contributed by atoms with Gasteiger partial charge in [-0.2, -0.15) is 4.31 Å². The summed E-state index contributed by atoms with van der Waals surface area (Å²) in [6.07, 6.45) is 0. The number of sulfonamides is 1. The topological polar surface area (TPSA) is 70.9 Å². The number of piperazine rings is 1. The van der Waals surface area contributed by atoms with E-state index in [0.717, 1.165) is 10.5 Å². The number of benzene rings is 2. The monoisotopic (exact) mass is 392 g/mol. The second kappa shape index (κ2) is 8.16. The van der Waals surface area contributed by atoms with Crippen LogP contribution in [0.25, 0.3) is 0 Å². The zero-order valence-corrected chi connectivity index (χ0v) is 15.9. The third-order valence-corrected chi connectivity index (χ3v) is 6.52. The van der Waals surface area contributed by atoms with Crippen LogP contribution in [0, 0.1) is 12.7 Å². The van der Waals surface area contributed by atoms with Gasteiger partial charge in [0.2, 0.25) is 10.0 Å². The molecule has 2 aromatic carbocycles. The summed E-state index contributed by atoms with van der Waals surface area (Å²) in [4.78, 5) is 13.4. The van der Waals surface area contributed by atoms with Gasteiger partial charge >= 0.3 is 0 Å². The van der Waals surface area contributed by atoms with Crippen molar-refractivity contribution in [3.05, 3.63) is 59.9 Å². The van der Waals surface area contributed by atoms with Crippen LogP contribution in [0.3, 0.4) is 0 Å². The van der Waals surface area contributed by atoms with E-state index < -0.39 is 15.8 Å². The maximum absolute atomic E-state index is 13.2. The first-order valence-electron chi connectivity index (χ1n) is 8.80. The van der Waals surface area contributed by atoms with Crippen molar-refractivity contribution in [2.45, 2.75) is 11.8 Å². The Labute approximate surface area is 158 Å². The molecule has 0 aliphatic carbocycles. The Morgan fingerprint density at radius 2 is 1.81 bits per heavy atom. The number of hydrogen-bond donors (Lipinski definition) is 2. The molecule has 144 valence electrons. The standard InChI is InChI=1S/C19H22FN3O3S/c1-15-5-7-18(8-6-15)27(25,26)23-11-9-22(10-12-23)14-19(24)21-17-4-2-3-16(20)13-17/h2-8,13H,9-12,14H2,1H3,(H,21,24)/p+1. The first kappa shape index (κ1) is 19.5. The van der Waals surface area contributed by atoms with E-state index in [-0.39, 0.29) is 12.5 Å². The molecule has 2 aromatic rings. The molecule has 0 aromatic heterocycles. The summed E-state index contributed by atoms with van der Waals surface area (Å²) in [5.41, 5.74) is 1.42. The van der Waals surface area contributed by atoms with Gasteiger partial charge in [-0.3, -0.25) is 4.79 Å². The lowest BCUT2D eigenvalue weighted by atomic mass is 10.2. The lowest BCUT2D eigenvalue weighted by Gasteiger charge is -2.31. The van der Waals surface area contributed by atoms with Gasteiger partial charge in [0.1, 0.15) is 5.82 Å². The van der Waals surface area contributed by atoms with Crippen molar-refractivity contribution in [3.63, 3.8) is 0 Å². The molecule has 1 aliphatic rings. The molecule has 1 saturated heterocycles. The second-order valence-corrected chi connectivity index (χ2v) is 8.64. The predicted molar refractivity (Wildman–Crippen MR) is 101 cm³/mol. The number of quaternary nitrogens is 1. The highest BCUT2D eigenvalue weighted by atomic mass is 32.2. The van der Waals surface area contributed by atoms with E-state index in [0.29, 0.717) is 36.8 Å². The van der Waals surface area contributed by atoms with Gasteiger partial charge < -0.3 is 10.2 Å². The molecule has 3 rings (SSSR count). The highest BCUT2D eigenvalue weighted by Crippen LogP contribution is 2.16. The maximum Gasteiger partial charge on any atom is 0.279 e. The average Bonchev–Trinajstić information content (AvgIpc) is 2.62. The lowest BCUT2D eigenvalue weighted by molar-refractivity contribution is -0.895. The minimum Gasteiger partial charge on any atom is -0.325 e. The zero-order valence-electron chi connectivity index (χ0n) is 15.1. The number of rotatable bonds is 5. The van der Waals surface area contributed by atoms with Gasteiger partial charge in [0, 0.05) is 5.69 Å². The first-order chi connectivity index (χ1) is 12.8. The van der Waals surface area contributed by atoms with Crippen LogP contribution in [0.5, 0.6) is 0 Å². The second-order valence-electron chi connectivity index (χ2n) is 6.70. The van der Waals surface area contributed by atoms with Crippen LogP contribution in [0.1, 0.15) is 5.56 Å². The smallest absolute Gasteiger partial charge is 0.279 e. The molecule has 0 atom stereocenters. The summed E-state index contributed by atoms with van der Waals surface area (Å²) in [6.45, 7) is 3.93. The van der Waals surface area contributed by atoms with Gasteiger partial charge in [0.05, 0.1) is 31.1 Å². The van der Waals surface area contributed by atoms with E-state index in [9.17, 15) is 17.6 Å². The molecule has 6 nitrogen and oxygen atoms in total. The van der Waals surface area contributed by atoms with Crippen molar-refractivity contribution in [2.75, 3.05) is 38.0 Å². The zero-order chi connectivity index (χ0) is 19.4. The molecule has 0 spiro atoms. The highest BCUT2D eigenvalue weighted by molar-refractivity contribution is 7.89. The summed E-state index contributed by atoms with van der Waals surface area (Å²) in [5.74, 6) is -0.625. The molecule has 0 radical (unpaired) electrons. The Kier molecular flexibility index (Phi) is 5.88. The Bertz CT molecular complexity index is 908. The number of carbonyl (C=O) groups is 1. The number of nitrogens with zero attached hydrogens (tertiary/aromatic N) is 1. The molecule has 0 bridgehead atoms. The number of carbonyl (C=O) groups excluding carboxylic acids is 1. The molecule has 1 fully saturated rings. The van der Waals surface area contributed by atoms with E-state index in [4.69, 9.17) is 0 Å². The van der Waals surface area contributed by atoms with Crippen molar-refractivity contribution in [3.8, 4) is 0 Å². The van der Waals surface area contributed by atoms with E-state index in [2.05, 4.69) is 5.32 Å². The molecular formula is C19H23FN3O3S+. The fourth-order valence-electron chi connectivity index (χ4n) is 3.08. The van der Waals surface area contributed by atoms with E-state index in [1.54, 1.807) is 30.3 Å². The van der Waals surface area contributed by atoms with Crippen molar-refractivity contribution >= 4 is 21.6 Å². The molecule has 0 saturated carbocycles. The van der Waals surface area contributed by atoms with Crippen molar-refractivity contribution in [2.24, 2.45) is 0 Å². The van der Waals surface area contributed by atoms with Crippen LogP contribution < -0.4 is 10.2 Å². The average molecular weight is 392 g/mol. The number of amides is 1. The van der Waals surface area contributed by atoms with Gasteiger partial charge in [-0.25, -0.2) is 12.8 Å². The van der Waals surface area contributed by atoms with Crippen LogP contribution >= 0.6 is 0 Å². The van der Waals surface area contributed by atoms with Crippen LogP contribution in [-0.2, 0) is 14.8 Å². The number of aryl methyl sites for hydroxylation is 1. The van der Waals surface area contributed by atoms with Gasteiger partial charge in [-0.15, -0.1) is 0 Å². The molecule has 1 amide bonds. The minimum atomic E-state index is -3.51.